The molecule has 1 aliphatic heterocycles. The van der Waals surface area contributed by atoms with Crippen molar-refractivity contribution in [3.8, 4) is 0 Å². The Kier molecular flexibility index (Phi) is 5.47. The molecule has 3 fully saturated rings. The second-order valence-corrected chi connectivity index (χ2v) is 10.7. The SMILES string of the molecule is CC(NC(=O)[C@H]1CC[C@H]2[C@@H]3CC[C@H]4NC(=O)C=C[C@]4(C)[C@H]3CC[C@]12C)C(O)C(F)(F)F. The van der Waals surface area contributed by atoms with Crippen molar-refractivity contribution in [1.29, 1.82) is 0 Å². The van der Waals surface area contributed by atoms with Crippen LogP contribution in [0.5, 0.6) is 0 Å². The van der Waals surface area contributed by atoms with Gasteiger partial charge in [0.1, 0.15) is 0 Å². The van der Waals surface area contributed by atoms with Crippen LogP contribution < -0.4 is 10.6 Å². The van der Waals surface area contributed by atoms with E-state index in [0.717, 1.165) is 32.1 Å². The predicted octanol–water partition coefficient (Wildman–Crippen LogP) is 3.33. The number of carbonyl (C=O) groups is 2. The number of rotatable bonds is 3. The zero-order valence-corrected chi connectivity index (χ0v) is 18.3. The molecule has 174 valence electrons. The van der Waals surface area contributed by atoms with E-state index in [9.17, 15) is 27.9 Å². The minimum Gasteiger partial charge on any atom is -0.382 e. The van der Waals surface area contributed by atoms with Crippen LogP contribution in [0.2, 0.25) is 0 Å². The van der Waals surface area contributed by atoms with Crippen LogP contribution in [0.1, 0.15) is 59.3 Å². The zero-order valence-electron chi connectivity index (χ0n) is 18.3. The molecule has 3 saturated carbocycles. The van der Waals surface area contributed by atoms with Gasteiger partial charge in [0.05, 0.1) is 6.04 Å². The number of aliphatic hydroxyl groups excluding tert-OH is 1. The third-order valence-electron chi connectivity index (χ3n) is 9.18. The monoisotopic (exact) mass is 442 g/mol. The Morgan fingerprint density at radius 1 is 1.19 bits per heavy atom. The molecule has 1 heterocycles. The van der Waals surface area contributed by atoms with Crippen LogP contribution in [0, 0.1) is 34.5 Å². The lowest BCUT2D eigenvalue weighted by Gasteiger charge is -2.58. The Balaban J connectivity index is 1.50. The molecule has 0 bridgehead atoms. The number of aliphatic hydroxyl groups is 1. The molecule has 0 aromatic carbocycles. The molecule has 3 N–H and O–H groups in total. The lowest BCUT2D eigenvalue weighted by atomic mass is 9.48. The Labute approximate surface area is 181 Å². The number of amides is 2. The number of fused-ring (bicyclic) bond motifs is 5. The number of carbonyl (C=O) groups excluding carboxylic acids is 2. The van der Waals surface area contributed by atoms with Crippen LogP contribution in [0.3, 0.4) is 0 Å². The first-order valence-electron chi connectivity index (χ1n) is 11.4. The molecule has 2 amide bonds. The summed E-state index contributed by atoms with van der Waals surface area (Å²) in [5.74, 6) is 0.463. The number of halogens is 3. The van der Waals surface area contributed by atoms with E-state index in [1.165, 1.54) is 6.92 Å². The van der Waals surface area contributed by atoms with Crippen molar-refractivity contribution >= 4 is 11.8 Å². The third-order valence-corrected chi connectivity index (χ3v) is 9.18. The Hall–Kier alpha value is -1.57. The van der Waals surface area contributed by atoms with Crippen molar-refractivity contribution in [3.05, 3.63) is 12.2 Å². The van der Waals surface area contributed by atoms with Crippen LogP contribution in [-0.2, 0) is 9.59 Å². The molecule has 0 aromatic heterocycles. The fourth-order valence-corrected chi connectivity index (χ4v) is 7.45. The van der Waals surface area contributed by atoms with Crippen molar-refractivity contribution in [2.75, 3.05) is 0 Å². The van der Waals surface area contributed by atoms with Crippen LogP contribution in [0.15, 0.2) is 12.2 Å². The van der Waals surface area contributed by atoms with Crippen molar-refractivity contribution in [3.63, 3.8) is 0 Å². The highest BCUT2D eigenvalue weighted by molar-refractivity contribution is 5.89. The fraction of sp³-hybridized carbons (Fsp3) is 0.826. The van der Waals surface area contributed by atoms with Gasteiger partial charge in [-0.3, -0.25) is 9.59 Å². The molecule has 4 aliphatic rings. The summed E-state index contributed by atoms with van der Waals surface area (Å²) < 4.78 is 38.5. The highest BCUT2D eigenvalue weighted by atomic mass is 19.4. The van der Waals surface area contributed by atoms with Gasteiger partial charge < -0.3 is 15.7 Å². The van der Waals surface area contributed by atoms with Crippen LogP contribution >= 0.6 is 0 Å². The van der Waals surface area contributed by atoms with Gasteiger partial charge >= 0.3 is 6.18 Å². The summed E-state index contributed by atoms with van der Waals surface area (Å²) in [7, 11) is 0. The van der Waals surface area contributed by atoms with Gasteiger partial charge in [-0.1, -0.05) is 19.9 Å². The maximum absolute atomic E-state index is 13.0. The van der Waals surface area contributed by atoms with E-state index in [-0.39, 0.29) is 34.6 Å². The number of hydrogen-bond donors (Lipinski definition) is 3. The highest BCUT2D eigenvalue weighted by Gasteiger charge is 2.61. The van der Waals surface area contributed by atoms with Gasteiger partial charge in [0.25, 0.3) is 0 Å². The minimum absolute atomic E-state index is 0.0330. The van der Waals surface area contributed by atoms with E-state index in [0.29, 0.717) is 24.2 Å². The standard InChI is InChI=1S/C23H33F3N2O3/c1-12(19(30)23(24,25)26)27-20(31)16-6-5-14-13-4-7-17-22(3,11-9-18(29)28-17)15(13)8-10-21(14,16)2/h9,11-17,19,30H,4-8,10H2,1-3H3,(H,27,31)(H,28,29)/t12?,13-,14-,15-,16+,17+,19?,21-,22+/m0/s1. The Bertz CT molecular complexity index is 785. The first-order chi connectivity index (χ1) is 14.4. The summed E-state index contributed by atoms with van der Waals surface area (Å²) >= 11 is 0. The van der Waals surface area contributed by atoms with Gasteiger partial charge in [-0.25, -0.2) is 0 Å². The maximum atomic E-state index is 13.0. The second kappa shape index (κ2) is 7.49. The summed E-state index contributed by atoms with van der Waals surface area (Å²) in [5.41, 5.74) is -0.344. The number of nitrogens with one attached hydrogen (secondary N) is 2. The normalized spacial score (nSPS) is 43.8. The first-order valence-corrected chi connectivity index (χ1v) is 11.4. The fourth-order valence-electron chi connectivity index (χ4n) is 7.45. The molecule has 2 unspecified atom stereocenters. The van der Waals surface area contributed by atoms with Gasteiger partial charge in [0, 0.05) is 17.4 Å². The van der Waals surface area contributed by atoms with Crippen molar-refractivity contribution < 1.29 is 27.9 Å². The molecule has 9 atom stereocenters. The molecule has 0 spiro atoms. The molecule has 8 heteroatoms. The smallest absolute Gasteiger partial charge is 0.382 e. The van der Waals surface area contributed by atoms with E-state index < -0.39 is 18.3 Å². The molecule has 5 nitrogen and oxygen atoms in total. The molecular weight excluding hydrogens is 409 g/mol. The Morgan fingerprint density at radius 2 is 1.90 bits per heavy atom. The van der Waals surface area contributed by atoms with Gasteiger partial charge in [-0.2, -0.15) is 13.2 Å². The van der Waals surface area contributed by atoms with Crippen molar-refractivity contribution in [2.24, 2.45) is 34.5 Å². The molecule has 0 radical (unpaired) electrons. The lowest BCUT2D eigenvalue weighted by Crippen LogP contribution is -2.59. The summed E-state index contributed by atoms with van der Waals surface area (Å²) in [6.07, 6.45) is 1.64. The molecule has 31 heavy (non-hydrogen) atoms. The molecular formula is C23H33F3N2O3. The van der Waals surface area contributed by atoms with Gasteiger partial charge in [0.2, 0.25) is 11.8 Å². The van der Waals surface area contributed by atoms with Crippen molar-refractivity contribution in [1.82, 2.24) is 10.6 Å². The van der Waals surface area contributed by atoms with Gasteiger partial charge in [0.15, 0.2) is 6.10 Å². The summed E-state index contributed by atoms with van der Waals surface area (Å²) in [5, 5.41) is 15.1. The zero-order chi connectivity index (χ0) is 22.8. The predicted molar refractivity (Wildman–Crippen MR) is 109 cm³/mol. The van der Waals surface area contributed by atoms with E-state index in [1.54, 1.807) is 6.08 Å². The van der Waals surface area contributed by atoms with E-state index in [1.807, 2.05) is 0 Å². The van der Waals surface area contributed by atoms with E-state index >= 15 is 0 Å². The van der Waals surface area contributed by atoms with Crippen LogP contribution in [0.4, 0.5) is 13.2 Å². The first kappa shape index (κ1) is 22.6. The average molecular weight is 443 g/mol. The average Bonchev–Trinajstić information content (AvgIpc) is 3.04. The van der Waals surface area contributed by atoms with Crippen LogP contribution in [-0.4, -0.2) is 41.3 Å². The van der Waals surface area contributed by atoms with Gasteiger partial charge in [-0.15, -0.1) is 0 Å². The number of hydrogen-bond acceptors (Lipinski definition) is 3. The quantitative estimate of drug-likeness (QED) is 0.628. The summed E-state index contributed by atoms with van der Waals surface area (Å²) in [6.45, 7) is 5.56. The lowest BCUT2D eigenvalue weighted by molar-refractivity contribution is -0.211. The highest BCUT2D eigenvalue weighted by Crippen LogP contribution is 2.65. The summed E-state index contributed by atoms with van der Waals surface area (Å²) in [4.78, 5) is 24.8. The van der Waals surface area contributed by atoms with Crippen molar-refractivity contribution in [2.45, 2.75) is 83.7 Å². The molecule has 0 saturated heterocycles. The largest absolute Gasteiger partial charge is 0.416 e. The molecule has 0 aromatic rings. The second-order valence-electron chi connectivity index (χ2n) is 10.7. The number of alkyl halides is 3. The summed E-state index contributed by atoms with van der Waals surface area (Å²) in [6, 6.07) is -1.24. The minimum atomic E-state index is -4.76. The molecule has 3 aliphatic carbocycles. The topological polar surface area (TPSA) is 78.4 Å². The third kappa shape index (κ3) is 3.58. The Morgan fingerprint density at radius 3 is 2.58 bits per heavy atom. The maximum Gasteiger partial charge on any atom is 0.416 e. The van der Waals surface area contributed by atoms with Gasteiger partial charge in [-0.05, 0) is 74.7 Å². The van der Waals surface area contributed by atoms with Crippen LogP contribution in [0.25, 0.3) is 0 Å². The van der Waals surface area contributed by atoms with E-state index in [4.69, 9.17) is 0 Å². The molecule has 4 rings (SSSR count). The van der Waals surface area contributed by atoms with E-state index in [2.05, 4.69) is 30.6 Å².